The summed E-state index contributed by atoms with van der Waals surface area (Å²) in [5, 5.41) is 13.1. The van der Waals surface area contributed by atoms with Gasteiger partial charge in [-0.05, 0) is 42.5 Å². The van der Waals surface area contributed by atoms with Crippen LogP contribution in [0.5, 0.6) is 5.75 Å². The van der Waals surface area contributed by atoms with Crippen LogP contribution in [0.25, 0.3) is 0 Å². The van der Waals surface area contributed by atoms with Crippen LogP contribution >= 0.6 is 0 Å². The van der Waals surface area contributed by atoms with Gasteiger partial charge in [0.15, 0.2) is 11.4 Å². The first-order valence-corrected chi connectivity index (χ1v) is 6.95. The van der Waals surface area contributed by atoms with E-state index in [1.807, 2.05) is 0 Å². The zero-order chi connectivity index (χ0) is 16.6. The number of methoxy groups -OCH3 is 1. The Kier molecular flexibility index (Phi) is 3.61. The average Bonchev–Trinajstić information content (AvgIpc) is 2.79. The third kappa shape index (κ3) is 2.57. The number of benzene rings is 2. The second-order valence-electron chi connectivity index (χ2n) is 5.33. The Morgan fingerprint density at radius 1 is 1.26 bits per heavy atom. The number of fused-ring (bicyclic) bond motifs is 1. The topological polar surface area (TPSA) is 75.6 Å². The Hall–Kier alpha value is -2.73. The van der Waals surface area contributed by atoms with E-state index in [-0.39, 0.29) is 5.56 Å². The molecule has 0 aromatic heterocycles. The van der Waals surface area contributed by atoms with Crippen LogP contribution in [0.3, 0.4) is 0 Å². The Labute approximate surface area is 131 Å². The molecular formula is C17H14FNO4. The second kappa shape index (κ2) is 5.48. The predicted octanol–water partition coefficient (Wildman–Crippen LogP) is 2.25. The first kappa shape index (κ1) is 15.2. The molecule has 0 radical (unpaired) electrons. The molecule has 2 aromatic rings. The minimum atomic E-state index is -2.07. The number of carbonyl (C=O) groups is 2. The zero-order valence-corrected chi connectivity index (χ0v) is 12.3. The molecule has 2 aromatic carbocycles. The van der Waals surface area contributed by atoms with Gasteiger partial charge in [0.1, 0.15) is 11.6 Å². The lowest BCUT2D eigenvalue weighted by Crippen LogP contribution is -2.36. The van der Waals surface area contributed by atoms with Gasteiger partial charge in [-0.2, -0.15) is 0 Å². The standard InChI is InChI=1S/C17H14FNO4/c1-23-12-5-2-10(3-6-12)15(20)9-17(22)13-8-11(18)4-7-14(13)19-16(17)21/h2-8,22H,9H2,1H3,(H,19,21). The summed E-state index contributed by atoms with van der Waals surface area (Å²) in [6.45, 7) is 0. The minimum absolute atomic E-state index is 0.0735. The Bertz CT molecular complexity index is 788. The molecule has 1 heterocycles. The molecule has 3 rings (SSSR count). The average molecular weight is 315 g/mol. The summed E-state index contributed by atoms with van der Waals surface area (Å²) in [6.07, 6.45) is -0.471. The van der Waals surface area contributed by atoms with Crippen molar-refractivity contribution in [3.63, 3.8) is 0 Å². The van der Waals surface area contributed by atoms with E-state index in [4.69, 9.17) is 4.74 Å². The number of rotatable bonds is 4. The molecule has 0 fully saturated rings. The Morgan fingerprint density at radius 2 is 1.96 bits per heavy atom. The molecule has 1 aliphatic heterocycles. The van der Waals surface area contributed by atoms with Crippen molar-refractivity contribution in [2.75, 3.05) is 12.4 Å². The lowest BCUT2D eigenvalue weighted by molar-refractivity contribution is -0.133. The molecule has 23 heavy (non-hydrogen) atoms. The molecule has 6 heteroatoms. The fourth-order valence-corrected chi connectivity index (χ4v) is 2.60. The molecule has 118 valence electrons. The van der Waals surface area contributed by atoms with Crippen molar-refractivity contribution in [3.05, 3.63) is 59.4 Å². The highest BCUT2D eigenvalue weighted by Gasteiger charge is 2.47. The number of ketones is 1. The maximum atomic E-state index is 13.4. The lowest BCUT2D eigenvalue weighted by atomic mass is 9.88. The maximum Gasteiger partial charge on any atom is 0.261 e. The van der Waals surface area contributed by atoms with Gasteiger partial charge in [0.05, 0.1) is 13.5 Å². The van der Waals surface area contributed by atoms with Crippen LogP contribution in [0, 0.1) is 5.82 Å². The first-order valence-electron chi connectivity index (χ1n) is 6.95. The van der Waals surface area contributed by atoms with Crippen LogP contribution in [0.15, 0.2) is 42.5 Å². The van der Waals surface area contributed by atoms with Crippen molar-refractivity contribution < 1.29 is 23.8 Å². The van der Waals surface area contributed by atoms with Gasteiger partial charge < -0.3 is 15.2 Å². The zero-order valence-electron chi connectivity index (χ0n) is 12.3. The van der Waals surface area contributed by atoms with E-state index in [0.717, 1.165) is 6.07 Å². The molecular weight excluding hydrogens is 301 g/mol. The summed E-state index contributed by atoms with van der Waals surface area (Å²) in [5.74, 6) is -1.16. The lowest BCUT2D eigenvalue weighted by Gasteiger charge is -2.20. The number of anilines is 1. The summed E-state index contributed by atoms with van der Waals surface area (Å²) in [5.41, 5.74) is -1.36. The number of hydrogen-bond acceptors (Lipinski definition) is 4. The number of halogens is 1. The smallest absolute Gasteiger partial charge is 0.261 e. The molecule has 2 N–H and O–H groups in total. The van der Waals surface area contributed by atoms with Crippen LogP contribution in [0.1, 0.15) is 22.3 Å². The summed E-state index contributed by atoms with van der Waals surface area (Å²) < 4.78 is 18.4. The number of nitrogens with one attached hydrogen (secondary N) is 1. The fourth-order valence-electron chi connectivity index (χ4n) is 2.60. The van der Waals surface area contributed by atoms with Gasteiger partial charge in [0.25, 0.3) is 5.91 Å². The number of carbonyl (C=O) groups excluding carboxylic acids is 2. The van der Waals surface area contributed by atoms with Gasteiger partial charge in [-0.1, -0.05) is 0 Å². The largest absolute Gasteiger partial charge is 0.497 e. The number of ether oxygens (including phenoxy) is 1. The van der Waals surface area contributed by atoms with Crippen molar-refractivity contribution >= 4 is 17.4 Å². The molecule has 1 aliphatic rings. The van der Waals surface area contributed by atoms with E-state index in [1.165, 1.54) is 19.2 Å². The molecule has 1 amide bonds. The summed E-state index contributed by atoms with van der Waals surface area (Å²) in [6, 6.07) is 9.91. The normalized spacial score (nSPS) is 19.2. The highest BCUT2D eigenvalue weighted by Crippen LogP contribution is 2.39. The van der Waals surface area contributed by atoms with Crippen LogP contribution in [-0.4, -0.2) is 23.9 Å². The number of hydrogen-bond donors (Lipinski definition) is 2. The molecule has 5 nitrogen and oxygen atoms in total. The Balaban J connectivity index is 1.90. The maximum absolute atomic E-state index is 13.4. The van der Waals surface area contributed by atoms with Gasteiger partial charge in [0.2, 0.25) is 0 Å². The van der Waals surface area contributed by atoms with Crippen LogP contribution in [0.4, 0.5) is 10.1 Å². The SMILES string of the molecule is COc1ccc(C(=O)CC2(O)C(=O)Nc3ccc(F)cc32)cc1. The van der Waals surface area contributed by atoms with Crippen LogP contribution < -0.4 is 10.1 Å². The number of amides is 1. The van der Waals surface area contributed by atoms with E-state index in [0.29, 0.717) is 17.0 Å². The van der Waals surface area contributed by atoms with Crippen molar-refractivity contribution in [2.24, 2.45) is 0 Å². The Morgan fingerprint density at radius 3 is 2.61 bits per heavy atom. The van der Waals surface area contributed by atoms with E-state index in [9.17, 15) is 19.1 Å². The van der Waals surface area contributed by atoms with E-state index < -0.39 is 29.5 Å². The molecule has 0 saturated heterocycles. The third-order valence-electron chi connectivity index (χ3n) is 3.88. The quantitative estimate of drug-likeness (QED) is 0.849. The summed E-state index contributed by atoms with van der Waals surface area (Å²) >= 11 is 0. The van der Waals surface area contributed by atoms with Gasteiger partial charge in [-0.25, -0.2) is 4.39 Å². The molecule has 0 saturated carbocycles. The predicted molar refractivity (Wildman–Crippen MR) is 80.9 cm³/mol. The summed E-state index contributed by atoms with van der Waals surface area (Å²) in [7, 11) is 1.51. The molecule has 0 aliphatic carbocycles. The van der Waals surface area contributed by atoms with E-state index >= 15 is 0 Å². The van der Waals surface area contributed by atoms with E-state index in [2.05, 4.69) is 5.32 Å². The van der Waals surface area contributed by atoms with Gasteiger partial charge in [0, 0.05) is 16.8 Å². The highest BCUT2D eigenvalue weighted by atomic mass is 19.1. The van der Waals surface area contributed by atoms with Crippen molar-refractivity contribution in [3.8, 4) is 5.75 Å². The first-order chi connectivity index (χ1) is 10.9. The van der Waals surface area contributed by atoms with Crippen molar-refractivity contribution in [1.82, 2.24) is 0 Å². The highest BCUT2D eigenvalue weighted by molar-refractivity contribution is 6.09. The monoisotopic (exact) mass is 315 g/mol. The summed E-state index contributed by atoms with van der Waals surface area (Å²) in [4.78, 5) is 24.4. The molecule has 1 atom stereocenters. The minimum Gasteiger partial charge on any atom is -0.497 e. The van der Waals surface area contributed by atoms with Crippen LogP contribution in [0.2, 0.25) is 0 Å². The molecule has 1 unspecified atom stereocenters. The van der Waals surface area contributed by atoms with Gasteiger partial charge >= 0.3 is 0 Å². The molecule has 0 bridgehead atoms. The van der Waals surface area contributed by atoms with E-state index in [1.54, 1.807) is 24.3 Å². The van der Waals surface area contributed by atoms with Crippen molar-refractivity contribution in [2.45, 2.75) is 12.0 Å². The fraction of sp³-hybridized carbons (Fsp3) is 0.176. The molecule has 0 spiro atoms. The second-order valence-corrected chi connectivity index (χ2v) is 5.33. The van der Waals surface area contributed by atoms with Crippen molar-refractivity contribution in [1.29, 1.82) is 0 Å². The van der Waals surface area contributed by atoms with Crippen LogP contribution in [-0.2, 0) is 10.4 Å². The number of Topliss-reactive ketones (excluding diaryl/α,β-unsaturated/α-hetero) is 1. The van der Waals surface area contributed by atoms with Gasteiger partial charge in [-0.3, -0.25) is 9.59 Å². The van der Waals surface area contributed by atoms with Gasteiger partial charge in [-0.15, -0.1) is 0 Å². The third-order valence-corrected chi connectivity index (χ3v) is 3.88. The number of aliphatic hydroxyl groups is 1.